The summed E-state index contributed by atoms with van der Waals surface area (Å²) in [6.45, 7) is 6.11. The molecule has 0 aromatic heterocycles. The van der Waals surface area contributed by atoms with Crippen molar-refractivity contribution in [1.29, 1.82) is 0 Å². The summed E-state index contributed by atoms with van der Waals surface area (Å²) >= 11 is 0. The van der Waals surface area contributed by atoms with Crippen LogP contribution in [-0.4, -0.2) is 35.9 Å². The highest BCUT2D eigenvalue weighted by Crippen LogP contribution is 2.37. The zero-order valence-electron chi connectivity index (χ0n) is 18.0. The Labute approximate surface area is 169 Å². The van der Waals surface area contributed by atoms with Crippen LogP contribution in [0.15, 0.2) is 12.2 Å². The van der Waals surface area contributed by atoms with Crippen molar-refractivity contribution in [2.75, 3.05) is 7.11 Å². The van der Waals surface area contributed by atoms with Crippen LogP contribution in [0.1, 0.15) is 85.0 Å². The van der Waals surface area contributed by atoms with E-state index < -0.39 is 6.10 Å². The first-order valence-corrected chi connectivity index (χ1v) is 10.7. The van der Waals surface area contributed by atoms with Gasteiger partial charge in [-0.2, -0.15) is 0 Å². The maximum atomic E-state index is 12.6. The monoisotopic (exact) mass is 394 g/mol. The lowest BCUT2D eigenvalue weighted by molar-refractivity contribution is -0.140. The van der Waals surface area contributed by atoms with Crippen LogP contribution in [0.2, 0.25) is 0 Å². The number of hydrogen-bond acceptors (Lipinski definition) is 5. The van der Waals surface area contributed by atoms with Crippen molar-refractivity contribution in [3.8, 4) is 0 Å². The van der Waals surface area contributed by atoms with Crippen LogP contribution >= 0.6 is 0 Å². The van der Waals surface area contributed by atoms with E-state index in [-0.39, 0.29) is 41.2 Å². The predicted molar refractivity (Wildman–Crippen MR) is 110 cm³/mol. The van der Waals surface area contributed by atoms with Crippen LogP contribution in [0.3, 0.4) is 0 Å². The number of aliphatic hydroxyl groups is 1. The summed E-state index contributed by atoms with van der Waals surface area (Å²) in [6, 6.07) is 0. The van der Waals surface area contributed by atoms with Gasteiger partial charge in [0.1, 0.15) is 11.6 Å². The maximum absolute atomic E-state index is 12.6. The Morgan fingerprint density at radius 2 is 1.93 bits per heavy atom. The molecule has 1 fully saturated rings. The second-order valence-electron chi connectivity index (χ2n) is 8.63. The Morgan fingerprint density at radius 1 is 1.21 bits per heavy atom. The summed E-state index contributed by atoms with van der Waals surface area (Å²) in [5, 5.41) is 10.3. The van der Waals surface area contributed by atoms with Gasteiger partial charge in [0.15, 0.2) is 0 Å². The molecule has 0 bridgehead atoms. The molecule has 0 saturated heterocycles. The summed E-state index contributed by atoms with van der Waals surface area (Å²) in [6.07, 6.45) is 9.94. The van der Waals surface area contributed by atoms with Gasteiger partial charge in [0.25, 0.3) is 0 Å². The molecule has 0 aliphatic heterocycles. The molecule has 0 amide bonds. The number of carbonyl (C=O) groups is 3. The summed E-state index contributed by atoms with van der Waals surface area (Å²) in [4.78, 5) is 36.0. The summed E-state index contributed by atoms with van der Waals surface area (Å²) in [5.41, 5.74) is -0.335. The normalized spacial score (nSPS) is 22.8. The third kappa shape index (κ3) is 7.86. The Hall–Kier alpha value is -1.49. The number of ether oxygens (including phenoxy) is 1. The molecule has 3 atom stereocenters. The van der Waals surface area contributed by atoms with Gasteiger partial charge in [-0.05, 0) is 38.0 Å². The first-order valence-electron chi connectivity index (χ1n) is 10.7. The van der Waals surface area contributed by atoms with Gasteiger partial charge in [-0.15, -0.1) is 0 Å². The van der Waals surface area contributed by atoms with Crippen molar-refractivity contribution in [3.05, 3.63) is 12.2 Å². The number of aliphatic hydroxyl groups excluding tert-OH is 1. The number of hydrogen-bond donors (Lipinski definition) is 1. The van der Waals surface area contributed by atoms with E-state index in [1.165, 1.54) is 7.11 Å². The summed E-state index contributed by atoms with van der Waals surface area (Å²) in [7, 11) is 1.38. The molecule has 0 radical (unpaired) electrons. The fourth-order valence-electron chi connectivity index (χ4n) is 3.94. The fourth-order valence-corrected chi connectivity index (χ4v) is 3.94. The average molecular weight is 395 g/mol. The molecule has 0 heterocycles. The highest BCUT2D eigenvalue weighted by molar-refractivity contribution is 5.86. The standard InChI is InChI=1S/C23H38O5/c1-5-6-15-23(2,3)21(26)14-13-18-17(19(24)16-20(18)25)11-9-7-8-10-12-22(27)28-4/h7,9,17-18,20,25H,5-6,8,10-16H2,1-4H3. The number of unbranched alkanes of at least 4 members (excludes halogenated alkanes) is 2. The number of Topliss-reactive ketones (excluding diaryl/α,β-unsaturated/α-hetero) is 2. The van der Waals surface area contributed by atoms with E-state index in [4.69, 9.17) is 0 Å². The third-order valence-corrected chi connectivity index (χ3v) is 5.99. The minimum atomic E-state index is -0.642. The van der Waals surface area contributed by atoms with Crippen LogP contribution < -0.4 is 0 Å². The Kier molecular flexibility index (Phi) is 10.7. The highest BCUT2D eigenvalue weighted by atomic mass is 16.5. The number of carbonyl (C=O) groups excluding carboxylic acids is 3. The number of esters is 1. The Balaban J connectivity index is 2.51. The zero-order chi connectivity index (χ0) is 21.2. The molecular formula is C23H38O5. The third-order valence-electron chi connectivity index (χ3n) is 5.99. The van der Waals surface area contributed by atoms with Gasteiger partial charge in [-0.1, -0.05) is 45.8 Å². The second kappa shape index (κ2) is 12.2. The molecular weight excluding hydrogens is 356 g/mol. The molecule has 0 spiro atoms. The number of ketones is 2. The van der Waals surface area contributed by atoms with Gasteiger partial charge in [0.05, 0.1) is 13.2 Å². The molecule has 1 rings (SSSR count). The Bertz CT molecular complexity index is 549. The maximum Gasteiger partial charge on any atom is 0.305 e. The topological polar surface area (TPSA) is 80.7 Å². The van der Waals surface area contributed by atoms with Crippen LogP contribution in [0.5, 0.6) is 0 Å². The van der Waals surface area contributed by atoms with Crippen molar-refractivity contribution < 1.29 is 24.2 Å². The van der Waals surface area contributed by atoms with Crippen molar-refractivity contribution in [3.63, 3.8) is 0 Å². The summed E-state index contributed by atoms with van der Waals surface area (Å²) < 4.78 is 4.61. The number of rotatable bonds is 13. The van der Waals surface area contributed by atoms with Gasteiger partial charge < -0.3 is 9.84 Å². The van der Waals surface area contributed by atoms with E-state index in [0.29, 0.717) is 25.7 Å². The van der Waals surface area contributed by atoms with Gasteiger partial charge in [-0.3, -0.25) is 14.4 Å². The van der Waals surface area contributed by atoms with E-state index in [9.17, 15) is 19.5 Å². The molecule has 0 aromatic rings. The lowest BCUT2D eigenvalue weighted by Crippen LogP contribution is -2.27. The molecule has 3 unspecified atom stereocenters. The van der Waals surface area contributed by atoms with Crippen molar-refractivity contribution in [1.82, 2.24) is 0 Å². The zero-order valence-corrected chi connectivity index (χ0v) is 18.0. The first-order chi connectivity index (χ1) is 13.2. The van der Waals surface area contributed by atoms with E-state index >= 15 is 0 Å². The molecule has 0 aromatic carbocycles. The molecule has 1 saturated carbocycles. The second-order valence-corrected chi connectivity index (χ2v) is 8.63. The molecule has 5 heteroatoms. The van der Waals surface area contributed by atoms with Crippen LogP contribution in [0.25, 0.3) is 0 Å². The van der Waals surface area contributed by atoms with E-state index in [1.807, 2.05) is 26.0 Å². The van der Waals surface area contributed by atoms with Crippen LogP contribution in [0.4, 0.5) is 0 Å². The van der Waals surface area contributed by atoms with E-state index in [0.717, 1.165) is 32.1 Å². The van der Waals surface area contributed by atoms with Crippen molar-refractivity contribution in [2.24, 2.45) is 17.3 Å². The SMILES string of the molecule is CCCCC(C)(C)C(=O)CCC1C(O)CC(=O)C1CC=CCCCC(=O)OC. The predicted octanol–water partition coefficient (Wildman–Crippen LogP) is 4.41. The van der Waals surface area contributed by atoms with Crippen molar-refractivity contribution >= 4 is 17.5 Å². The Morgan fingerprint density at radius 3 is 2.57 bits per heavy atom. The minimum Gasteiger partial charge on any atom is -0.469 e. The lowest BCUT2D eigenvalue weighted by Gasteiger charge is -2.25. The molecule has 160 valence electrons. The van der Waals surface area contributed by atoms with E-state index in [1.54, 1.807) is 0 Å². The molecule has 1 aliphatic rings. The quantitative estimate of drug-likeness (QED) is 0.284. The fraction of sp³-hybridized carbons (Fsp3) is 0.783. The number of methoxy groups -OCH3 is 1. The van der Waals surface area contributed by atoms with Gasteiger partial charge in [0, 0.05) is 30.6 Å². The van der Waals surface area contributed by atoms with E-state index in [2.05, 4.69) is 11.7 Å². The van der Waals surface area contributed by atoms with Gasteiger partial charge in [-0.25, -0.2) is 0 Å². The van der Waals surface area contributed by atoms with Crippen LogP contribution in [-0.2, 0) is 19.1 Å². The highest BCUT2D eigenvalue weighted by Gasteiger charge is 2.41. The van der Waals surface area contributed by atoms with Crippen molar-refractivity contribution in [2.45, 2.75) is 91.1 Å². The molecule has 5 nitrogen and oxygen atoms in total. The van der Waals surface area contributed by atoms with Crippen LogP contribution in [0, 0.1) is 17.3 Å². The van der Waals surface area contributed by atoms with Gasteiger partial charge >= 0.3 is 5.97 Å². The molecule has 28 heavy (non-hydrogen) atoms. The van der Waals surface area contributed by atoms with Gasteiger partial charge in [0.2, 0.25) is 0 Å². The molecule has 1 aliphatic carbocycles. The minimum absolute atomic E-state index is 0.0920. The number of allylic oxidation sites excluding steroid dienone is 2. The largest absolute Gasteiger partial charge is 0.469 e. The lowest BCUT2D eigenvalue weighted by atomic mass is 9.78. The smallest absolute Gasteiger partial charge is 0.305 e. The first kappa shape index (κ1) is 24.5. The summed E-state index contributed by atoms with van der Waals surface area (Å²) in [5.74, 6) is -0.246. The molecule has 1 N–H and O–H groups in total. The average Bonchev–Trinajstić information content (AvgIpc) is 2.93.